The number of para-hydroxylation sites is 1. The molecule has 0 amide bonds. The average molecular weight is 270 g/mol. The molecule has 3 rings (SSSR count). The maximum Gasteiger partial charge on any atom is 0.141 e. The van der Waals surface area contributed by atoms with Crippen LogP contribution in [0.1, 0.15) is 43.1 Å². The van der Waals surface area contributed by atoms with Crippen LogP contribution in [0.25, 0.3) is 11.0 Å². The maximum absolute atomic E-state index is 5.97. The van der Waals surface area contributed by atoms with E-state index in [4.69, 9.17) is 4.42 Å². The van der Waals surface area contributed by atoms with Crippen molar-refractivity contribution >= 4 is 11.0 Å². The van der Waals surface area contributed by atoms with Gasteiger partial charge in [0.25, 0.3) is 0 Å². The summed E-state index contributed by atoms with van der Waals surface area (Å²) in [6, 6.07) is 8.29. The Balaban J connectivity index is 1.85. The number of rotatable bonds is 4. The first-order valence-corrected chi connectivity index (χ1v) is 6.76. The molecule has 1 aromatic carbocycles. The Bertz CT molecular complexity index is 702. The first-order chi connectivity index (χ1) is 9.66. The van der Waals surface area contributed by atoms with E-state index in [2.05, 4.69) is 47.3 Å². The lowest BCUT2D eigenvalue weighted by molar-refractivity contribution is 0.407. The molecule has 5 nitrogen and oxygen atoms in total. The SMILES string of the molecule is Cc1c(C(C)NC(C)c2ncn[nH]2)oc2ccccc12. The van der Waals surface area contributed by atoms with Crippen molar-refractivity contribution in [2.24, 2.45) is 0 Å². The van der Waals surface area contributed by atoms with Gasteiger partial charge in [-0.1, -0.05) is 18.2 Å². The largest absolute Gasteiger partial charge is 0.459 e. The van der Waals surface area contributed by atoms with Gasteiger partial charge in [0.1, 0.15) is 23.5 Å². The highest BCUT2D eigenvalue weighted by Gasteiger charge is 2.19. The predicted octanol–water partition coefficient (Wildman–Crippen LogP) is 3.27. The molecule has 0 aliphatic carbocycles. The minimum atomic E-state index is 0.0834. The molecule has 0 fully saturated rings. The first kappa shape index (κ1) is 12.9. The van der Waals surface area contributed by atoms with Gasteiger partial charge < -0.3 is 4.42 Å². The van der Waals surface area contributed by atoms with E-state index in [1.165, 1.54) is 17.3 Å². The number of nitrogens with zero attached hydrogens (tertiary/aromatic N) is 2. The predicted molar refractivity (Wildman–Crippen MR) is 77.3 cm³/mol. The van der Waals surface area contributed by atoms with E-state index in [-0.39, 0.29) is 12.1 Å². The molecule has 0 saturated heterocycles. The summed E-state index contributed by atoms with van der Waals surface area (Å²) in [6.07, 6.45) is 1.52. The summed E-state index contributed by atoms with van der Waals surface area (Å²) in [6.45, 7) is 6.24. The van der Waals surface area contributed by atoms with E-state index in [1.807, 2.05) is 18.2 Å². The van der Waals surface area contributed by atoms with Crippen molar-refractivity contribution in [1.82, 2.24) is 20.5 Å². The van der Waals surface area contributed by atoms with Crippen LogP contribution >= 0.6 is 0 Å². The molecule has 2 heterocycles. The van der Waals surface area contributed by atoms with Gasteiger partial charge in [-0.3, -0.25) is 10.4 Å². The highest BCUT2D eigenvalue weighted by Crippen LogP contribution is 2.30. The summed E-state index contributed by atoms with van der Waals surface area (Å²) >= 11 is 0. The van der Waals surface area contributed by atoms with E-state index >= 15 is 0 Å². The molecule has 0 spiro atoms. The Morgan fingerprint density at radius 1 is 1.20 bits per heavy atom. The second-order valence-corrected chi connectivity index (χ2v) is 5.07. The number of aromatic nitrogens is 3. The van der Waals surface area contributed by atoms with Gasteiger partial charge >= 0.3 is 0 Å². The summed E-state index contributed by atoms with van der Waals surface area (Å²) in [5, 5.41) is 11.4. The highest BCUT2D eigenvalue weighted by atomic mass is 16.3. The van der Waals surface area contributed by atoms with E-state index < -0.39 is 0 Å². The number of nitrogens with one attached hydrogen (secondary N) is 2. The number of fused-ring (bicyclic) bond motifs is 1. The van der Waals surface area contributed by atoms with Crippen LogP contribution in [0.5, 0.6) is 0 Å². The molecule has 2 atom stereocenters. The third-order valence-corrected chi connectivity index (χ3v) is 3.62. The van der Waals surface area contributed by atoms with Crippen LogP contribution in [0.2, 0.25) is 0 Å². The van der Waals surface area contributed by atoms with Gasteiger partial charge in [-0.25, -0.2) is 4.98 Å². The van der Waals surface area contributed by atoms with Crippen molar-refractivity contribution in [1.29, 1.82) is 0 Å². The van der Waals surface area contributed by atoms with Crippen molar-refractivity contribution in [3.05, 3.63) is 47.7 Å². The third kappa shape index (κ3) is 2.20. The topological polar surface area (TPSA) is 66.7 Å². The molecule has 104 valence electrons. The third-order valence-electron chi connectivity index (χ3n) is 3.62. The van der Waals surface area contributed by atoms with Crippen LogP contribution in [0.15, 0.2) is 35.0 Å². The van der Waals surface area contributed by atoms with E-state index in [0.29, 0.717) is 0 Å². The van der Waals surface area contributed by atoms with Gasteiger partial charge in [0, 0.05) is 5.39 Å². The standard InChI is InChI=1S/C15H18N4O/c1-9-12-6-4-5-7-13(12)20-14(9)10(2)18-11(3)15-16-8-17-19-15/h4-8,10-11,18H,1-3H3,(H,16,17,19). The van der Waals surface area contributed by atoms with Crippen LogP contribution < -0.4 is 5.32 Å². The van der Waals surface area contributed by atoms with Crippen LogP contribution in [0.3, 0.4) is 0 Å². The molecule has 2 N–H and O–H groups in total. The Hall–Kier alpha value is -2.14. The highest BCUT2D eigenvalue weighted by molar-refractivity contribution is 5.82. The van der Waals surface area contributed by atoms with Gasteiger partial charge in [-0.15, -0.1) is 0 Å². The minimum absolute atomic E-state index is 0.0834. The van der Waals surface area contributed by atoms with Gasteiger partial charge in [0.05, 0.1) is 12.1 Å². The second kappa shape index (κ2) is 5.09. The number of hydrogen-bond acceptors (Lipinski definition) is 4. The van der Waals surface area contributed by atoms with Crippen LogP contribution in [0, 0.1) is 6.92 Å². The van der Waals surface area contributed by atoms with Crippen molar-refractivity contribution in [3.63, 3.8) is 0 Å². The fourth-order valence-electron chi connectivity index (χ4n) is 2.56. The van der Waals surface area contributed by atoms with E-state index in [9.17, 15) is 0 Å². The zero-order valence-electron chi connectivity index (χ0n) is 11.8. The maximum atomic E-state index is 5.97. The smallest absolute Gasteiger partial charge is 0.141 e. The van der Waals surface area contributed by atoms with Gasteiger partial charge in [0.15, 0.2) is 0 Å². The molecular formula is C15H18N4O. The fraction of sp³-hybridized carbons (Fsp3) is 0.333. The quantitative estimate of drug-likeness (QED) is 0.763. The van der Waals surface area contributed by atoms with Crippen molar-refractivity contribution in [2.45, 2.75) is 32.9 Å². The zero-order chi connectivity index (χ0) is 14.1. The number of benzene rings is 1. The molecule has 20 heavy (non-hydrogen) atoms. The Morgan fingerprint density at radius 2 is 2.00 bits per heavy atom. The lowest BCUT2D eigenvalue weighted by Gasteiger charge is -2.17. The second-order valence-electron chi connectivity index (χ2n) is 5.07. The van der Waals surface area contributed by atoms with Crippen molar-refractivity contribution in [3.8, 4) is 0 Å². The molecule has 0 saturated carbocycles. The summed E-state index contributed by atoms with van der Waals surface area (Å²) in [4.78, 5) is 4.17. The van der Waals surface area contributed by atoms with Crippen LogP contribution in [0.4, 0.5) is 0 Å². The lowest BCUT2D eigenvalue weighted by Crippen LogP contribution is -2.23. The lowest BCUT2D eigenvalue weighted by atomic mass is 10.1. The summed E-state index contributed by atoms with van der Waals surface area (Å²) in [5.41, 5.74) is 2.12. The normalized spacial score (nSPS) is 14.6. The van der Waals surface area contributed by atoms with Gasteiger partial charge in [-0.05, 0) is 32.4 Å². The number of H-pyrrole nitrogens is 1. The minimum Gasteiger partial charge on any atom is -0.459 e. The zero-order valence-corrected chi connectivity index (χ0v) is 11.8. The number of aromatic amines is 1. The molecule has 3 aromatic rings. The monoisotopic (exact) mass is 270 g/mol. The molecule has 2 unspecified atom stereocenters. The van der Waals surface area contributed by atoms with E-state index in [1.54, 1.807) is 0 Å². The molecule has 0 aliphatic rings. The van der Waals surface area contributed by atoms with Crippen molar-refractivity contribution in [2.75, 3.05) is 0 Å². The first-order valence-electron chi connectivity index (χ1n) is 6.76. The van der Waals surface area contributed by atoms with E-state index in [0.717, 1.165) is 17.2 Å². The molecular weight excluding hydrogens is 252 g/mol. The van der Waals surface area contributed by atoms with Gasteiger partial charge in [-0.2, -0.15) is 5.10 Å². The van der Waals surface area contributed by atoms with Crippen LogP contribution in [-0.4, -0.2) is 15.2 Å². The van der Waals surface area contributed by atoms with Crippen LogP contribution in [-0.2, 0) is 0 Å². The molecule has 2 aromatic heterocycles. The average Bonchev–Trinajstić information content (AvgIpc) is 3.07. The Morgan fingerprint density at radius 3 is 2.70 bits per heavy atom. The van der Waals surface area contributed by atoms with Gasteiger partial charge in [0.2, 0.25) is 0 Å². The number of furan rings is 1. The number of aryl methyl sites for hydroxylation is 1. The Kier molecular flexibility index (Phi) is 3.28. The summed E-state index contributed by atoms with van der Waals surface area (Å²) < 4.78 is 5.97. The summed E-state index contributed by atoms with van der Waals surface area (Å²) in [5.74, 6) is 1.79. The molecule has 5 heteroatoms. The van der Waals surface area contributed by atoms with Crippen molar-refractivity contribution < 1.29 is 4.42 Å². The fourth-order valence-corrected chi connectivity index (χ4v) is 2.56. The molecule has 0 aliphatic heterocycles. The number of hydrogen-bond donors (Lipinski definition) is 2. The molecule has 0 radical (unpaired) electrons. The summed E-state index contributed by atoms with van der Waals surface area (Å²) in [7, 11) is 0. The molecule has 0 bridgehead atoms. The Labute approximate surface area is 117 Å².